The van der Waals surface area contributed by atoms with E-state index in [2.05, 4.69) is 15.4 Å². The van der Waals surface area contributed by atoms with Crippen LogP contribution in [0, 0.1) is 5.92 Å². The summed E-state index contributed by atoms with van der Waals surface area (Å²) in [6.07, 6.45) is 3.06. The second kappa shape index (κ2) is 4.78. The molecule has 0 aliphatic rings. The minimum absolute atomic E-state index is 0.0161. The van der Waals surface area contributed by atoms with Crippen molar-refractivity contribution in [2.75, 3.05) is 5.32 Å². The molecule has 5 nitrogen and oxygen atoms in total. The summed E-state index contributed by atoms with van der Waals surface area (Å²) in [6.45, 7) is 3.71. The number of aromatic nitrogens is 3. The molecule has 2 rings (SSSR count). The van der Waals surface area contributed by atoms with E-state index in [0.717, 1.165) is 11.4 Å². The number of anilines is 1. The van der Waals surface area contributed by atoms with Crippen molar-refractivity contribution >= 4 is 11.6 Å². The van der Waals surface area contributed by atoms with Crippen LogP contribution in [0.5, 0.6) is 0 Å². The Hall–Kier alpha value is -2.17. The SMILES string of the molecule is CC(C)C(=O)Nc1ccccc1-n1cncn1. The van der Waals surface area contributed by atoms with Crippen LogP contribution in [0.3, 0.4) is 0 Å². The van der Waals surface area contributed by atoms with Crippen LogP contribution in [-0.2, 0) is 4.79 Å². The third-order valence-corrected chi connectivity index (χ3v) is 2.35. The normalized spacial score (nSPS) is 10.5. The maximum atomic E-state index is 11.7. The first-order valence-electron chi connectivity index (χ1n) is 5.43. The Kier molecular flexibility index (Phi) is 3.18. The lowest BCUT2D eigenvalue weighted by atomic mass is 10.2. The smallest absolute Gasteiger partial charge is 0.226 e. The fraction of sp³-hybridized carbons (Fsp3) is 0.250. The molecule has 1 N–H and O–H groups in total. The van der Waals surface area contributed by atoms with Crippen molar-refractivity contribution in [3.63, 3.8) is 0 Å². The van der Waals surface area contributed by atoms with Gasteiger partial charge in [0, 0.05) is 5.92 Å². The Morgan fingerprint density at radius 2 is 2.12 bits per heavy atom. The van der Waals surface area contributed by atoms with Gasteiger partial charge in [0.1, 0.15) is 12.7 Å². The van der Waals surface area contributed by atoms with Gasteiger partial charge < -0.3 is 5.32 Å². The fourth-order valence-corrected chi connectivity index (χ4v) is 1.39. The summed E-state index contributed by atoms with van der Waals surface area (Å²) < 4.78 is 1.62. The molecule has 1 heterocycles. The standard InChI is InChI=1S/C12H14N4O/c1-9(2)12(17)15-10-5-3-4-6-11(10)16-8-13-7-14-16/h3-9H,1-2H3,(H,15,17). The zero-order valence-corrected chi connectivity index (χ0v) is 9.79. The van der Waals surface area contributed by atoms with Crippen molar-refractivity contribution in [3.8, 4) is 5.69 Å². The van der Waals surface area contributed by atoms with Gasteiger partial charge in [0.05, 0.1) is 11.4 Å². The average Bonchev–Trinajstić information content (AvgIpc) is 2.83. The number of nitrogens with one attached hydrogen (secondary N) is 1. The number of carbonyl (C=O) groups is 1. The summed E-state index contributed by atoms with van der Waals surface area (Å²) >= 11 is 0. The molecular weight excluding hydrogens is 216 g/mol. The predicted octanol–water partition coefficient (Wildman–Crippen LogP) is 1.86. The summed E-state index contributed by atoms with van der Waals surface area (Å²) in [6, 6.07) is 7.49. The summed E-state index contributed by atoms with van der Waals surface area (Å²) in [5, 5.41) is 6.92. The Morgan fingerprint density at radius 3 is 2.76 bits per heavy atom. The van der Waals surface area contributed by atoms with Gasteiger partial charge in [0.15, 0.2) is 0 Å². The van der Waals surface area contributed by atoms with Gasteiger partial charge in [-0.05, 0) is 12.1 Å². The van der Waals surface area contributed by atoms with Crippen LogP contribution in [-0.4, -0.2) is 20.7 Å². The highest BCUT2D eigenvalue weighted by atomic mass is 16.1. The van der Waals surface area contributed by atoms with Gasteiger partial charge in [-0.15, -0.1) is 0 Å². The molecule has 0 atom stereocenters. The van der Waals surface area contributed by atoms with Crippen molar-refractivity contribution in [1.82, 2.24) is 14.8 Å². The first kappa shape index (κ1) is 11.3. The van der Waals surface area contributed by atoms with Crippen LogP contribution < -0.4 is 5.32 Å². The number of amides is 1. The van der Waals surface area contributed by atoms with E-state index in [4.69, 9.17) is 0 Å². The Balaban J connectivity index is 2.32. The van der Waals surface area contributed by atoms with E-state index in [-0.39, 0.29) is 11.8 Å². The molecule has 5 heteroatoms. The largest absolute Gasteiger partial charge is 0.324 e. The molecule has 88 valence electrons. The van der Waals surface area contributed by atoms with E-state index >= 15 is 0 Å². The second-order valence-electron chi connectivity index (χ2n) is 4.00. The van der Waals surface area contributed by atoms with Gasteiger partial charge in [-0.25, -0.2) is 9.67 Å². The lowest BCUT2D eigenvalue weighted by Gasteiger charge is -2.11. The predicted molar refractivity (Wildman–Crippen MR) is 64.8 cm³/mol. The molecule has 2 aromatic rings. The highest BCUT2D eigenvalue weighted by molar-refractivity contribution is 5.93. The number of carbonyl (C=O) groups excluding carboxylic acids is 1. The Labute approximate surface area is 99.5 Å². The summed E-state index contributed by atoms with van der Waals surface area (Å²) in [5.74, 6) is -0.0728. The number of para-hydroxylation sites is 2. The number of hydrogen-bond donors (Lipinski definition) is 1. The third-order valence-electron chi connectivity index (χ3n) is 2.35. The topological polar surface area (TPSA) is 59.8 Å². The van der Waals surface area contributed by atoms with Crippen molar-refractivity contribution in [2.24, 2.45) is 5.92 Å². The molecule has 0 fully saturated rings. The molecule has 1 aromatic heterocycles. The lowest BCUT2D eigenvalue weighted by molar-refractivity contribution is -0.118. The number of rotatable bonds is 3. The van der Waals surface area contributed by atoms with Crippen LogP contribution in [0.25, 0.3) is 5.69 Å². The van der Waals surface area contributed by atoms with E-state index < -0.39 is 0 Å². The van der Waals surface area contributed by atoms with Gasteiger partial charge in [0.25, 0.3) is 0 Å². The van der Waals surface area contributed by atoms with Gasteiger partial charge in [-0.3, -0.25) is 4.79 Å². The van der Waals surface area contributed by atoms with Crippen molar-refractivity contribution in [2.45, 2.75) is 13.8 Å². The van der Waals surface area contributed by atoms with E-state index in [1.54, 1.807) is 11.0 Å². The summed E-state index contributed by atoms with van der Waals surface area (Å²) in [4.78, 5) is 15.6. The van der Waals surface area contributed by atoms with Crippen LogP contribution in [0.1, 0.15) is 13.8 Å². The number of nitrogens with zero attached hydrogens (tertiary/aromatic N) is 3. The zero-order chi connectivity index (χ0) is 12.3. The molecule has 0 aliphatic heterocycles. The number of hydrogen-bond acceptors (Lipinski definition) is 3. The molecule has 0 unspecified atom stereocenters. The van der Waals surface area contributed by atoms with Crippen molar-refractivity contribution in [3.05, 3.63) is 36.9 Å². The lowest BCUT2D eigenvalue weighted by Crippen LogP contribution is -2.19. The molecule has 17 heavy (non-hydrogen) atoms. The first-order chi connectivity index (χ1) is 8.18. The first-order valence-corrected chi connectivity index (χ1v) is 5.43. The Morgan fingerprint density at radius 1 is 1.35 bits per heavy atom. The van der Waals surface area contributed by atoms with Crippen molar-refractivity contribution < 1.29 is 4.79 Å². The van der Waals surface area contributed by atoms with Gasteiger partial charge in [-0.2, -0.15) is 5.10 Å². The van der Waals surface area contributed by atoms with Crippen LogP contribution >= 0.6 is 0 Å². The van der Waals surface area contributed by atoms with Crippen LogP contribution in [0.15, 0.2) is 36.9 Å². The van der Waals surface area contributed by atoms with E-state index in [1.807, 2.05) is 38.1 Å². The van der Waals surface area contributed by atoms with Crippen molar-refractivity contribution in [1.29, 1.82) is 0 Å². The quantitative estimate of drug-likeness (QED) is 0.875. The van der Waals surface area contributed by atoms with Crippen LogP contribution in [0.4, 0.5) is 5.69 Å². The zero-order valence-electron chi connectivity index (χ0n) is 9.79. The fourth-order valence-electron chi connectivity index (χ4n) is 1.39. The Bertz CT molecular complexity index is 505. The molecule has 0 aliphatic carbocycles. The second-order valence-corrected chi connectivity index (χ2v) is 4.00. The maximum absolute atomic E-state index is 11.7. The minimum Gasteiger partial charge on any atom is -0.324 e. The van der Waals surface area contributed by atoms with E-state index in [9.17, 15) is 4.79 Å². The molecule has 0 saturated carbocycles. The number of benzene rings is 1. The highest BCUT2D eigenvalue weighted by Crippen LogP contribution is 2.19. The molecule has 0 bridgehead atoms. The monoisotopic (exact) mass is 230 g/mol. The molecule has 1 aromatic carbocycles. The third kappa shape index (κ3) is 2.50. The van der Waals surface area contributed by atoms with Crippen LogP contribution in [0.2, 0.25) is 0 Å². The van der Waals surface area contributed by atoms with E-state index in [0.29, 0.717) is 0 Å². The highest BCUT2D eigenvalue weighted by Gasteiger charge is 2.10. The summed E-state index contributed by atoms with van der Waals surface area (Å²) in [7, 11) is 0. The minimum atomic E-state index is -0.0567. The van der Waals surface area contributed by atoms with Gasteiger partial charge >= 0.3 is 0 Å². The average molecular weight is 230 g/mol. The molecule has 0 saturated heterocycles. The molecular formula is C12H14N4O. The maximum Gasteiger partial charge on any atom is 0.226 e. The summed E-state index contributed by atoms with van der Waals surface area (Å²) in [5.41, 5.74) is 1.54. The molecule has 1 amide bonds. The molecule has 0 spiro atoms. The van der Waals surface area contributed by atoms with Gasteiger partial charge in [0.2, 0.25) is 5.91 Å². The van der Waals surface area contributed by atoms with E-state index in [1.165, 1.54) is 6.33 Å². The molecule has 0 radical (unpaired) electrons. The van der Waals surface area contributed by atoms with Gasteiger partial charge in [-0.1, -0.05) is 26.0 Å².